The molecule has 4 nitrogen and oxygen atoms in total. The van der Waals surface area contributed by atoms with Gasteiger partial charge in [0.1, 0.15) is 0 Å². The Hall–Kier alpha value is -0.610. The molecular formula is C13H24N2O2. The Labute approximate surface area is 103 Å². The van der Waals surface area contributed by atoms with Gasteiger partial charge in [0.2, 0.25) is 5.91 Å². The molecule has 0 bridgehead atoms. The van der Waals surface area contributed by atoms with Crippen molar-refractivity contribution in [3.05, 3.63) is 0 Å². The quantitative estimate of drug-likeness (QED) is 0.742. The summed E-state index contributed by atoms with van der Waals surface area (Å²) in [6.45, 7) is 3.91. The van der Waals surface area contributed by atoms with E-state index in [0.29, 0.717) is 17.7 Å². The highest BCUT2D eigenvalue weighted by atomic mass is 16.3. The van der Waals surface area contributed by atoms with E-state index in [4.69, 9.17) is 10.8 Å². The SMILES string of the molecule is CC1CC(C(=O)N2CCC(CO)C2)CCC1N. The Morgan fingerprint density at radius 1 is 1.41 bits per heavy atom. The number of likely N-dealkylation sites (tertiary alicyclic amines) is 1. The van der Waals surface area contributed by atoms with Crippen LogP contribution in [0.25, 0.3) is 0 Å². The van der Waals surface area contributed by atoms with Gasteiger partial charge < -0.3 is 15.7 Å². The summed E-state index contributed by atoms with van der Waals surface area (Å²) >= 11 is 0. The molecule has 0 aromatic rings. The molecule has 17 heavy (non-hydrogen) atoms. The third-order valence-corrected chi connectivity index (χ3v) is 4.44. The number of amides is 1. The fourth-order valence-electron chi connectivity index (χ4n) is 3.08. The van der Waals surface area contributed by atoms with Crippen LogP contribution in [0.4, 0.5) is 0 Å². The third-order valence-electron chi connectivity index (χ3n) is 4.44. The first-order chi connectivity index (χ1) is 8.11. The van der Waals surface area contributed by atoms with Crippen molar-refractivity contribution >= 4 is 5.91 Å². The highest BCUT2D eigenvalue weighted by molar-refractivity contribution is 5.79. The molecule has 2 aliphatic rings. The lowest BCUT2D eigenvalue weighted by atomic mass is 9.79. The summed E-state index contributed by atoms with van der Waals surface area (Å²) in [6.07, 6.45) is 3.78. The largest absolute Gasteiger partial charge is 0.396 e. The fourth-order valence-corrected chi connectivity index (χ4v) is 3.08. The minimum atomic E-state index is 0.169. The first-order valence-corrected chi connectivity index (χ1v) is 6.77. The molecule has 4 heteroatoms. The number of aliphatic hydroxyl groups is 1. The number of hydrogen-bond acceptors (Lipinski definition) is 3. The molecule has 98 valence electrons. The van der Waals surface area contributed by atoms with Crippen LogP contribution in [0.3, 0.4) is 0 Å². The molecule has 2 rings (SSSR count). The smallest absolute Gasteiger partial charge is 0.225 e. The third kappa shape index (κ3) is 2.80. The minimum absolute atomic E-state index is 0.169. The number of nitrogens with two attached hydrogens (primary N) is 1. The monoisotopic (exact) mass is 240 g/mol. The fraction of sp³-hybridized carbons (Fsp3) is 0.923. The number of carbonyl (C=O) groups excluding carboxylic acids is 1. The van der Waals surface area contributed by atoms with Crippen LogP contribution in [0.15, 0.2) is 0 Å². The molecule has 0 aromatic heterocycles. The van der Waals surface area contributed by atoms with E-state index in [1.807, 2.05) is 4.90 Å². The van der Waals surface area contributed by atoms with E-state index in [9.17, 15) is 4.79 Å². The molecule has 2 fully saturated rings. The lowest BCUT2D eigenvalue weighted by molar-refractivity contribution is -0.136. The number of hydrogen-bond donors (Lipinski definition) is 2. The standard InChI is InChI=1S/C13H24N2O2/c1-9-6-11(2-3-12(9)14)13(17)15-5-4-10(7-15)8-16/h9-12,16H,2-8,14H2,1H3. The molecule has 1 heterocycles. The zero-order valence-corrected chi connectivity index (χ0v) is 10.6. The lowest BCUT2D eigenvalue weighted by Crippen LogP contribution is -2.41. The van der Waals surface area contributed by atoms with Gasteiger partial charge in [0, 0.05) is 37.6 Å². The van der Waals surface area contributed by atoms with E-state index in [2.05, 4.69) is 6.92 Å². The van der Waals surface area contributed by atoms with Gasteiger partial charge in [-0.25, -0.2) is 0 Å². The van der Waals surface area contributed by atoms with Crippen LogP contribution in [-0.2, 0) is 4.79 Å². The predicted octanol–water partition coefficient (Wildman–Crippen LogP) is 0.591. The molecular weight excluding hydrogens is 216 g/mol. The van der Waals surface area contributed by atoms with Gasteiger partial charge in [-0.05, 0) is 31.6 Å². The highest BCUT2D eigenvalue weighted by Crippen LogP contribution is 2.30. The van der Waals surface area contributed by atoms with Crippen molar-refractivity contribution < 1.29 is 9.90 Å². The number of carbonyl (C=O) groups is 1. The van der Waals surface area contributed by atoms with Crippen LogP contribution in [-0.4, -0.2) is 41.7 Å². The van der Waals surface area contributed by atoms with Crippen LogP contribution in [0.2, 0.25) is 0 Å². The molecule has 4 unspecified atom stereocenters. The Balaban J connectivity index is 1.88. The number of aliphatic hydroxyl groups excluding tert-OH is 1. The summed E-state index contributed by atoms with van der Waals surface area (Å²) in [7, 11) is 0. The van der Waals surface area contributed by atoms with Gasteiger partial charge in [-0.2, -0.15) is 0 Å². The molecule has 1 amide bonds. The van der Waals surface area contributed by atoms with Crippen LogP contribution < -0.4 is 5.73 Å². The van der Waals surface area contributed by atoms with Crippen molar-refractivity contribution in [2.75, 3.05) is 19.7 Å². The maximum atomic E-state index is 12.3. The first kappa shape index (κ1) is 12.8. The summed E-state index contributed by atoms with van der Waals surface area (Å²) in [5.41, 5.74) is 5.98. The van der Waals surface area contributed by atoms with Gasteiger partial charge in [0.15, 0.2) is 0 Å². The van der Waals surface area contributed by atoms with Crippen molar-refractivity contribution in [3.8, 4) is 0 Å². The molecule has 0 radical (unpaired) electrons. The van der Waals surface area contributed by atoms with Crippen molar-refractivity contribution in [3.63, 3.8) is 0 Å². The van der Waals surface area contributed by atoms with E-state index >= 15 is 0 Å². The minimum Gasteiger partial charge on any atom is -0.396 e. The Morgan fingerprint density at radius 2 is 2.18 bits per heavy atom. The molecule has 1 saturated heterocycles. The summed E-state index contributed by atoms with van der Waals surface area (Å²) < 4.78 is 0. The highest BCUT2D eigenvalue weighted by Gasteiger charge is 2.34. The molecule has 1 aliphatic heterocycles. The van der Waals surface area contributed by atoms with Gasteiger partial charge in [-0.15, -0.1) is 0 Å². The average molecular weight is 240 g/mol. The first-order valence-electron chi connectivity index (χ1n) is 6.77. The second kappa shape index (κ2) is 5.36. The Bertz CT molecular complexity index is 283. The Kier molecular flexibility index (Phi) is 4.05. The van der Waals surface area contributed by atoms with Crippen molar-refractivity contribution in [1.29, 1.82) is 0 Å². The van der Waals surface area contributed by atoms with Gasteiger partial charge in [0.05, 0.1) is 0 Å². The molecule has 0 aromatic carbocycles. The van der Waals surface area contributed by atoms with Crippen molar-refractivity contribution in [2.45, 2.75) is 38.6 Å². The van der Waals surface area contributed by atoms with Crippen LogP contribution >= 0.6 is 0 Å². The molecule has 1 saturated carbocycles. The van der Waals surface area contributed by atoms with E-state index in [0.717, 1.165) is 38.8 Å². The zero-order chi connectivity index (χ0) is 12.4. The Morgan fingerprint density at radius 3 is 2.76 bits per heavy atom. The second-order valence-corrected chi connectivity index (χ2v) is 5.77. The predicted molar refractivity (Wildman–Crippen MR) is 66.3 cm³/mol. The van der Waals surface area contributed by atoms with Gasteiger partial charge in [-0.1, -0.05) is 6.92 Å². The molecule has 1 aliphatic carbocycles. The lowest BCUT2D eigenvalue weighted by Gasteiger charge is -2.33. The van der Waals surface area contributed by atoms with E-state index in [1.165, 1.54) is 0 Å². The normalized spacial score (nSPS) is 38.4. The average Bonchev–Trinajstić information content (AvgIpc) is 2.80. The topological polar surface area (TPSA) is 66.6 Å². The van der Waals surface area contributed by atoms with Crippen LogP contribution in [0, 0.1) is 17.8 Å². The van der Waals surface area contributed by atoms with E-state index < -0.39 is 0 Å². The molecule has 3 N–H and O–H groups in total. The maximum Gasteiger partial charge on any atom is 0.225 e. The maximum absolute atomic E-state index is 12.3. The number of rotatable bonds is 2. The van der Waals surface area contributed by atoms with Crippen LogP contribution in [0.1, 0.15) is 32.6 Å². The zero-order valence-electron chi connectivity index (χ0n) is 10.6. The number of nitrogens with zero attached hydrogens (tertiary/aromatic N) is 1. The van der Waals surface area contributed by atoms with E-state index in [1.54, 1.807) is 0 Å². The van der Waals surface area contributed by atoms with E-state index in [-0.39, 0.29) is 18.6 Å². The van der Waals surface area contributed by atoms with Crippen molar-refractivity contribution in [2.24, 2.45) is 23.5 Å². The molecule has 0 spiro atoms. The summed E-state index contributed by atoms with van der Waals surface area (Å²) in [5, 5.41) is 9.10. The summed E-state index contributed by atoms with van der Waals surface area (Å²) in [5.74, 6) is 1.21. The van der Waals surface area contributed by atoms with Crippen LogP contribution in [0.5, 0.6) is 0 Å². The van der Waals surface area contributed by atoms with Gasteiger partial charge in [0.25, 0.3) is 0 Å². The summed E-state index contributed by atoms with van der Waals surface area (Å²) in [4.78, 5) is 14.3. The molecule has 4 atom stereocenters. The second-order valence-electron chi connectivity index (χ2n) is 5.77. The summed E-state index contributed by atoms with van der Waals surface area (Å²) in [6, 6.07) is 0.266. The van der Waals surface area contributed by atoms with Gasteiger partial charge in [-0.3, -0.25) is 4.79 Å². The van der Waals surface area contributed by atoms with Crippen molar-refractivity contribution in [1.82, 2.24) is 4.90 Å². The van der Waals surface area contributed by atoms with Gasteiger partial charge >= 0.3 is 0 Å².